The first-order valence-corrected chi connectivity index (χ1v) is 10.0. The Morgan fingerprint density at radius 2 is 1.15 bits per heavy atom. The lowest BCUT2D eigenvalue weighted by Gasteiger charge is -2.27. The van der Waals surface area contributed by atoms with Crippen molar-refractivity contribution in [1.82, 2.24) is 0 Å². The van der Waals surface area contributed by atoms with Crippen LogP contribution in [-0.2, 0) is 19.1 Å². The first-order valence-electron chi connectivity index (χ1n) is 9.64. The van der Waals surface area contributed by atoms with E-state index in [4.69, 9.17) is 21.1 Å². The van der Waals surface area contributed by atoms with Crippen LogP contribution < -0.4 is 10.4 Å². The fraction of sp³-hybridized carbons (Fsp3) is 0.0833. The third kappa shape index (κ3) is 6.41. The number of nitrogens with one attached hydrogen (secondary N) is 1. The van der Waals surface area contributed by atoms with Gasteiger partial charge in [-0.1, -0.05) is 48.0 Å². The molecular formula is C24H17ClNO7-. The van der Waals surface area contributed by atoms with Gasteiger partial charge in [0, 0.05) is 10.7 Å². The molecule has 0 saturated carbocycles. The molecule has 0 spiro atoms. The number of amides is 1. The Labute approximate surface area is 193 Å². The molecule has 0 aliphatic heterocycles. The second-order valence-corrected chi connectivity index (χ2v) is 7.14. The maximum Gasteiger partial charge on any atom is 0.339 e. The number of esters is 2. The number of aliphatic carboxylic acids is 1. The molecule has 0 heterocycles. The van der Waals surface area contributed by atoms with E-state index >= 15 is 0 Å². The number of hydrogen-bond acceptors (Lipinski definition) is 7. The van der Waals surface area contributed by atoms with E-state index in [1.54, 1.807) is 36.4 Å². The van der Waals surface area contributed by atoms with Crippen molar-refractivity contribution in [3.8, 4) is 0 Å². The number of halogens is 1. The molecule has 3 aromatic carbocycles. The van der Waals surface area contributed by atoms with Crippen LogP contribution in [-0.4, -0.2) is 36.0 Å². The maximum absolute atomic E-state index is 12.9. The van der Waals surface area contributed by atoms with Crippen molar-refractivity contribution in [2.75, 3.05) is 5.32 Å². The van der Waals surface area contributed by atoms with Gasteiger partial charge in [0.15, 0.2) is 6.10 Å². The molecule has 0 bridgehead atoms. The quantitative estimate of drug-likeness (QED) is 0.506. The lowest BCUT2D eigenvalue weighted by atomic mass is 10.1. The molecule has 9 heteroatoms. The Hall–Kier alpha value is -4.17. The molecule has 0 unspecified atom stereocenters. The van der Waals surface area contributed by atoms with Crippen LogP contribution in [0.5, 0.6) is 0 Å². The van der Waals surface area contributed by atoms with Gasteiger partial charge in [0.05, 0.1) is 17.1 Å². The number of benzene rings is 3. The highest BCUT2D eigenvalue weighted by Crippen LogP contribution is 2.17. The van der Waals surface area contributed by atoms with E-state index < -0.39 is 36.0 Å². The van der Waals surface area contributed by atoms with Gasteiger partial charge in [-0.3, -0.25) is 4.79 Å². The number of carbonyl (C=O) groups excluding carboxylic acids is 4. The second-order valence-electron chi connectivity index (χ2n) is 6.70. The lowest BCUT2D eigenvalue weighted by Crippen LogP contribution is -2.52. The van der Waals surface area contributed by atoms with Crippen molar-refractivity contribution in [1.29, 1.82) is 0 Å². The Kier molecular flexibility index (Phi) is 7.77. The molecule has 168 valence electrons. The van der Waals surface area contributed by atoms with Crippen LogP contribution in [0.1, 0.15) is 20.7 Å². The summed E-state index contributed by atoms with van der Waals surface area (Å²) >= 11 is 5.83. The zero-order valence-corrected chi connectivity index (χ0v) is 17.7. The topological polar surface area (TPSA) is 122 Å². The number of anilines is 1. The molecule has 2 atom stereocenters. The minimum Gasteiger partial charge on any atom is -0.546 e. The summed E-state index contributed by atoms with van der Waals surface area (Å²) in [4.78, 5) is 49.8. The molecule has 0 fully saturated rings. The minimum atomic E-state index is -2.22. The van der Waals surface area contributed by atoms with Crippen LogP contribution in [0.3, 0.4) is 0 Å². The van der Waals surface area contributed by atoms with Crippen LogP contribution in [0.15, 0.2) is 84.9 Å². The third-order valence-corrected chi connectivity index (χ3v) is 4.62. The van der Waals surface area contributed by atoms with Crippen LogP contribution in [0.2, 0.25) is 5.02 Å². The highest BCUT2D eigenvalue weighted by atomic mass is 35.5. The molecule has 0 aliphatic rings. The molecule has 0 saturated heterocycles. The van der Waals surface area contributed by atoms with Gasteiger partial charge in [0.1, 0.15) is 0 Å². The van der Waals surface area contributed by atoms with Crippen LogP contribution in [0, 0.1) is 0 Å². The SMILES string of the molecule is O=C(O[C@H](C(=O)[O-])[C@H](OC(=O)c1ccccc1)C(=O)Nc1ccc(Cl)cc1)c1ccccc1. The van der Waals surface area contributed by atoms with Crippen LogP contribution in [0.25, 0.3) is 0 Å². The highest BCUT2D eigenvalue weighted by Gasteiger charge is 2.37. The van der Waals surface area contributed by atoms with Gasteiger partial charge in [0.2, 0.25) is 6.10 Å². The molecule has 8 nitrogen and oxygen atoms in total. The van der Waals surface area contributed by atoms with E-state index in [1.807, 2.05) is 0 Å². The third-order valence-electron chi connectivity index (χ3n) is 4.36. The molecule has 0 radical (unpaired) electrons. The van der Waals surface area contributed by atoms with Crippen molar-refractivity contribution in [2.24, 2.45) is 0 Å². The Morgan fingerprint density at radius 3 is 1.61 bits per heavy atom. The van der Waals surface area contributed by atoms with Crippen molar-refractivity contribution in [2.45, 2.75) is 12.2 Å². The van der Waals surface area contributed by atoms with E-state index in [1.165, 1.54) is 48.5 Å². The number of carboxylic acids is 1. The molecular weight excluding hydrogens is 450 g/mol. The number of ether oxygens (including phenoxy) is 2. The average molecular weight is 467 g/mol. The Balaban J connectivity index is 1.89. The van der Waals surface area contributed by atoms with Crippen molar-refractivity contribution in [3.05, 3.63) is 101 Å². The number of carboxylic acid groups (broad SMARTS) is 1. The first kappa shape index (κ1) is 23.5. The average Bonchev–Trinajstić information content (AvgIpc) is 2.83. The molecule has 0 aromatic heterocycles. The molecule has 33 heavy (non-hydrogen) atoms. The summed E-state index contributed by atoms with van der Waals surface area (Å²) in [5, 5.41) is 14.7. The molecule has 1 amide bonds. The van der Waals surface area contributed by atoms with E-state index in [0.717, 1.165) is 0 Å². The fourth-order valence-corrected chi connectivity index (χ4v) is 2.87. The summed E-state index contributed by atoms with van der Waals surface area (Å²) in [6.45, 7) is 0. The van der Waals surface area contributed by atoms with Crippen LogP contribution in [0.4, 0.5) is 5.69 Å². The summed E-state index contributed by atoms with van der Waals surface area (Å²) in [7, 11) is 0. The zero-order chi connectivity index (χ0) is 23.8. The number of carbonyl (C=O) groups is 4. The standard InChI is InChI=1S/C24H18ClNO7/c25-17-11-13-18(14-12-17)26-21(27)19(32-23(30)15-7-3-1-4-8-15)20(22(28)29)33-24(31)16-9-5-2-6-10-16/h1-14,19-20H,(H,26,27)(H,28,29)/p-1/t19-,20-/m0/s1. The van der Waals surface area contributed by atoms with Crippen LogP contribution >= 0.6 is 11.6 Å². The summed E-state index contributed by atoms with van der Waals surface area (Å²) in [5.74, 6) is -4.99. The number of hydrogen-bond donors (Lipinski definition) is 1. The Bertz CT molecular complexity index is 1130. The van der Waals surface area contributed by atoms with Crippen molar-refractivity contribution < 1.29 is 33.8 Å². The summed E-state index contributed by atoms with van der Waals surface area (Å²) in [5.41, 5.74) is 0.347. The van der Waals surface area contributed by atoms with Gasteiger partial charge < -0.3 is 24.7 Å². The van der Waals surface area contributed by atoms with Crippen molar-refractivity contribution >= 4 is 41.1 Å². The monoisotopic (exact) mass is 466 g/mol. The lowest BCUT2D eigenvalue weighted by molar-refractivity contribution is -0.317. The normalized spacial score (nSPS) is 12.2. The van der Waals surface area contributed by atoms with Crippen molar-refractivity contribution in [3.63, 3.8) is 0 Å². The van der Waals surface area contributed by atoms with Gasteiger partial charge >= 0.3 is 11.9 Å². The first-order chi connectivity index (χ1) is 15.8. The minimum absolute atomic E-state index is 0.0370. The number of rotatable bonds is 8. The van der Waals surface area contributed by atoms with E-state index in [2.05, 4.69) is 5.32 Å². The largest absolute Gasteiger partial charge is 0.546 e. The summed E-state index contributed by atoms with van der Waals surface area (Å²) in [6.07, 6.45) is -4.27. The smallest absolute Gasteiger partial charge is 0.339 e. The fourth-order valence-electron chi connectivity index (χ4n) is 2.75. The van der Waals surface area contributed by atoms with Gasteiger partial charge in [-0.15, -0.1) is 0 Å². The summed E-state index contributed by atoms with van der Waals surface area (Å²) in [6, 6.07) is 21.1. The predicted molar refractivity (Wildman–Crippen MR) is 116 cm³/mol. The van der Waals surface area contributed by atoms with E-state index in [0.29, 0.717) is 5.02 Å². The predicted octanol–water partition coefficient (Wildman–Crippen LogP) is 2.48. The van der Waals surface area contributed by atoms with Gasteiger partial charge in [-0.2, -0.15) is 0 Å². The molecule has 0 aliphatic carbocycles. The Morgan fingerprint density at radius 1 is 0.697 bits per heavy atom. The zero-order valence-electron chi connectivity index (χ0n) is 17.0. The van der Waals surface area contributed by atoms with E-state index in [9.17, 15) is 24.3 Å². The summed E-state index contributed by atoms with van der Waals surface area (Å²) < 4.78 is 10.2. The van der Waals surface area contributed by atoms with Gasteiger partial charge in [0.25, 0.3) is 5.91 Å². The highest BCUT2D eigenvalue weighted by molar-refractivity contribution is 6.30. The van der Waals surface area contributed by atoms with Gasteiger partial charge in [-0.25, -0.2) is 9.59 Å². The second kappa shape index (κ2) is 10.9. The molecule has 3 aromatic rings. The van der Waals surface area contributed by atoms with Gasteiger partial charge in [-0.05, 0) is 48.5 Å². The van der Waals surface area contributed by atoms with E-state index in [-0.39, 0.29) is 16.8 Å². The molecule has 1 N–H and O–H groups in total. The molecule has 3 rings (SSSR count). The maximum atomic E-state index is 12.9.